The van der Waals surface area contributed by atoms with E-state index in [1.54, 1.807) is 4.90 Å². The monoisotopic (exact) mass is 497 g/mol. The van der Waals surface area contributed by atoms with Crippen molar-refractivity contribution >= 4 is 39.1 Å². The van der Waals surface area contributed by atoms with Crippen molar-refractivity contribution in [1.29, 1.82) is 0 Å². The van der Waals surface area contributed by atoms with Crippen LogP contribution in [0.3, 0.4) is 0 Å². The van der Waals surface area contributed by atoms with Crippen LogP contribution in [0.5, 0.6) is 0 Å². The van der Waals surface area contributed by atoms with Gasteiger partial charge in [-0.25, -0.2) is 0 Å². The topological polar surface area (TPSA) is 37.3 Å². The molecule has 0 saturated carbocycles. The Morgan fingerprint density at radius 1 is 0.921 bits per heavy atom. The quantitative estimate of drug-likeness (QED) is 0.256. The van der Waals surface area contributed by atoms with Gasteiger partial charge in [0.1, 0.15) is 0 Å². The second-order valence-electron chi connectivity index (χ2n) is 10.5. The molecule has 3 unspecified atom stereocenters. The van der Waals surface area contributed by atoms with Crippen LogP contribution in [0.1, 0.15) is 46.8 Å². The van der Waals surface area contributed by atoms with E-state index in [0.717, 1.165) is 29.9 Å². The van der Waals surface area contributed by atoms with E-state index in [1.807, 2.05) is 43.4 Å². The van der Waals surface area contributed by atoms with Crippen LogP contribution in [0.4, 0.5) is 11.4 Å². The van der Waals surface area contributed by atoms with Gasteiger partial charge in [-0.15, -0.1) is 0 Å². The molecular formula is C34H31N3O. The molecule has 0 fully saturated rings. The molecule has 1 aliphatic carbocycles. The van der Waals surface area contributed by atoms with Crippen LogP contribution in [-0.4, -0.2) is 17.5 Å². The van der Waals surface area contributed by atoms with Gasteiger partial charge in [0.25, 0.3) is 5.91 Å². The maximum Gasteiger partial charge on any atom is 0.258 e. The Kier molecular flexibility index (Phi) is 5.36. The summed E-state index contributed by atoms with van der Waals surface area (Å²) in [7, 11) is 1.84. The zero-order valence-electron chi connectivity index (χ0n) is 21.8. The Labute approximate surface area is 223 Å². The maximum absolute atomic E-state index is 13.4. The zero-order valence-corrected chi connectivity index (χ0v) is 21.8. The van der Waals surface area contributed by atoms with Gasteiger partial charge in [-0.2, -0.15) is 0 Å². The number of anilines is 2. The standard InChI is InChI=1S/C34H31N3O/c1-3-37-31-15-8-7-12-26(31)29-20-22(17-19-32(29)37)33-27-14-9-13-25(27)28-21-23(16-18-30(28)35-33)34(38)36(2)24-10-5-4-6-11-24/h4-13,15-21,25,27,33,35H,3,14H2,1-2H3. The molecule has 0 saturated heterocycles. The molecule has 7 rings (SSSR count). The fraction of sp³-hybridized carbons (Fsp3) is 0.206. The summed E-state index contributed by atoms with van der Waals surface area (Å²) < 4.78 is 2.41. The Bertz CT molecular complexity index is 1710. The first-order valence-electron chi connectivity index (χ1n) is 13.5. The summed E-state index contributed by atoms with van der Waals surface area (Å²) in [4.78, 5) is 15.1. The molecule has 4 heteroatoms. The Morgan fingerprint density at radius 3 is 2.55 bits per heavy atom. The second-order valence-corrected chi connectivity index (χ2v) is 10.5. The van der Waals surface area contributed by atoms with Crippen LogP contribution < -0.4 is 10.2 Å². The number of benzene rings is 4. The summed E-state index contributed by atoms with van der Waals surface area (Å²) in [5.74, 6) is 0.716. The minimum Gasteiger partial charge on any atom is -0.378 e. The molecular weight excluding hydrogens is 466 g/mol. The first-order valence-corrected chi connectivity index (χ1v) is 13.5. The van der Waals surface area contributed by atoms with Gasteiger partial charge in [0.2, 0.25) is 0 Å². The number of amides is 1. The van der Waals surface area contributed by atoms with Crippen LogP contribution in [0, 0.1) is 5.92 Å². The molecule has 0 radical (unpaired) electrons. The average Bonchev–Trinajstić information content (AvgIpc) is 3.59. The van der Waals surface area contributed by atoms with Gasteiger partial charge in [0.05, 0.1) is 6.04 Å². The van der Waals surface area contributed by atoms with Crippen molar-refractivity contribution in [3.63, 3.8) is 0 Å². The molecule has 1 aromatic heterocycles. The lowest BCUT2D eigenvalue weighted by atomic mass is 9.76. The van der Waals surface area contributed by atoms with Gasteiger partial charge < -0.3 is 14.8 Å². The van der Waals surface area contributed by atoms with E-state index in [2.05, 4.69) is 83.6 Å². The number of hydrogen-bond acceptors (Lipinski definition) is 2. The number of carbonyl (C=O) groups excluding carboxylic acids is 1. The smallest absolute Gasteiger partial charge is 0.258 e. The molecule has 1 aliphatic heterocycles. The Morgan fingerprint density at radius 2 is 1.71 bits per heavy atom. The highest BCUT2D eigenvalue weighted by Gasteiger charge is 2.38. The molecule has 2 aliphatic rings. The van der Waals surface area contributed by atoms with Crippen LogP contribution in [0.2, 0.25) is 0 Å². The molecule has 0 bridgehead atoms. The Balaban J connectivity index is 1.26. The van der Waals surface area contributed by atoms with Crippen molar-refractivity contribution < 1.29 is 4.79 Å². The lowest BCUT2D eigenvalue weighted by Gasteiger charge is -2.38. The van der Waals surface area contributed by atoms with Crippen LogP contribution in [0.25, 0.3) is 21.8 Å². The van der Waals surface area contributed by atoms with Crippen LogP contribution in [-0.2, 0) is 6.54 Å². The number of carbonyl (C=O) groups is 1. The number of allylic oxidation sites excluding steroid dienone is 2. The minimum absolute atomic E-state index is 0.0115. The van der Waals surface area contributed by atoms with E-state index in [4.69, 9.17) is 0 Å². The highest BCUT2D eigenvalue weighted by molar-refractivity contribution is 6.08. The first kappa shape index (κ1) is 22.9. The number of aromatic nitrogens is 1. The van der Waals surface area contributed by atoms with Gasteiger partial charge in [-0.1, -0.05) is 54.6 Å². The lowest BCUT2D eigenvalue weighted by Crippen LogP contribution is -2.30. The third-order valence-electron chi connectivity index (χ3n) is 8.53. The lowest BCUT2D eigenvalue weighted by molar-refractivity contribution is 0.0993. The average molecular weight is 498 g/mol. The van der Waals surface area contributed by atoms with Crippen LogP contribution in [0.15, 0.2) is 103 Å². The number of para-hydroxylation sites is 2. The molecule has 4 nitrogen and oxygen atoms in total. The van der Waals surface area contributed by atoms with Crippen molar-refractivity contribution in [2.24, 2.45) is 5.92 Å². The molecule has 3 atom stereocenters. The highest BCUT2D eigenvalue weighted by Crippen LogP contribution is 2.50. The highest BCUT2D eigenvalue weighted by atomic mass is 16.2. The van der Waals surface area contributed by atoms with Crippen LogP contribution >= 0.6 is 0 Å². The van der Waals surface area contributed by atoms with Crippen molar-refractivity contribution in [3.05, 3.63) is 120 Å². The second kappa shape index (κ2) is 8.91. The van der Waals surface area contributed by atoms with Crippen molar-refractivity contribution in [2.75, 3.05) is 17.3 Å². The predicted molar refractivity (Wildman–Crippen MR) is 157 cm³/mol. The summed E-state index contributed by atoms with van der Waals surface area (Å²) >= 11 is 0. The van der Waals surface area contributed by atoms with E-state index in [-0.39, 0.29) is 11.9 Å². The van der Waals surface area contributed by atoms with Gasteiger partial charge in [-0.05, 0) is 78.9 Å². The van der Waals surface area contributed by atoms with E-state index < -0.39 is 0 Å². The summed E-state index contributed by atoms with van der Waals surface area (Å²) in [5.41, 5.74) is 7.87. The molecule has 4 aromatic carbocycles. The largest absolute Gasteiger partial charge is 0.378 e. The van der Waals surface area contributed by atoms with Gasteiger partial charge in [-0.3, -0.25) is 4.79 Å². The third-order valence-corrected chi connectivity index (χ3v) is 8.53. The molecule has 5 aromatic rings. The minimum atomic E-state index is 0.0115. The summed E-state index contributed by atoms with van der Waals surface area (Å²) in [6, 6.07) is 31.9. The fourth-order valence-corrected chi connectivity index (χ4v) is 6.63. The molecule has 38 heavy (non-hydrogen) atoms. The summed E-state index contributed by atoms with van der Waals surface area (Å²) in [5, 5.41) is 6.51. The van der Waals surface area contributed by atoms with E-state index >= 15 is 0 Å². The predicted octanol–water partition coefficient (Wildman–Crippen LogP) is 7.92. The third kappa shape index (κ3) is 3.47. The van der Waals surface area contributed by atoms with Gasteiger partial charge >= 0.3 is 0 Å². The molecule has 2 heterocycles. The maximum atomic E-state index is 13.4. The van der Waals surface area contributed by atoms with E-state index in [9.17, 15) is 4.79 Å². The molecule has 0 spiro atoms. The number of nitrogens with zero attached hydrogens (tertiary/aromatic N) is 2. The normalized spacial score (nSPS) is 19.8. The Hall–Kier alpha value is -4.31. The van der Waals surface area contributed by atoms with Gasteiger partial charge in [0.15, 0.2) is 0 Å². The van der Waals surface area contributed by atoms with Crippen molar-refractivity contribution in [3.8, 4) is 0 Å². The molecule has 1 amide bonds. The van der Waals surface area contributed by atoms with Gasteiger partial charge in [0, 0.05) is 58.3 Å². The number of nitrogens with one attached hydrogen (secondary N) is 1. The zero-order chi connectivity index (χ0) is 25.8. The molecule has 1 N–H and O–H groups in total. The summed E-state index contributed by atoms with van der Waals surface area (Å²) in [6.07, 6.45) is 5.68. The van der Waals surface area contributed by atoms with Crippen molar-refractivity contribution in [2.45, 2.75) is 31.8 Å². The van der Waals surface area contributed by atoms with Crippen molar-refractivity contribution in [1.82, 2.24) is 4.57 Å². The first-order chi connectivity index (χ1) is 18.6. The van der Waals surface area contributed by atoms with E-state index in [0.29, 0.717) is 11.8 Å². The number of rotatable bonds is 4. The SMILES string of the molecule is CCn1c2ccccc2c2cc(C3Nc4ccc(C(=O)N(C)c5ccccc5)cc4C4C=CCC43)ccc21. The summed E-state index contributed by atoms with van der Waals surface area (Å²) in [6.45, 7) is 3.17. The number of fused-ring (bicyclic) bond motifs is 6. The molecule has 188 valence electrons. The fourth-order valence-electron chi connectivity index (χ4n) is 6.63. The van der Waals surface area contributed by atoms with E-state index in [1.165, 1.54) is 32.9 Å². The number of aryl methyl sites for hydroxylation is 1. The number of hydrogen-bond donors (Lipinski definition) is 1.